The number of esters is 1. The van der Waals surface area contributed by atoms with Crippen LogP contribution in [0.3, 0.4) is 0 Å². The van der Waals surface area contributed by atoms with E-state index in [1.807, 2.05) is 12.2 Å². The van der Waals surface area contributed by atoms with Gasteiger partial charge in [0, 0.05) is 5.57 Å². The van der Waals surface area contributed by atoms with Gasteiger partial charge in [-0.3, -0.25) is 0 Å². The van der Waals surface area contributed by atoms with Crippen molar-refractivity contribution in [3.05, 3.63) is 24.3 Å². The molecule has 14 heavy (non-hydrogen) atoms. The Balaban J connectivity index is 2.20. The summed E-state index contributed by atoms with van der Waals surface area (Å²) in [6, 6.07) is 0. The zero-order valence-electron chi connectivity index (χ0n) is 8.49. The average molecular weight is 196 g/mol. The van der Waals surface area contributed by atoms with E-state index in [2.05, 4.69) is 6.58 Å². The summed E-state index contributed by atoms with van der Waals surface area (Å²) >= 11 is 0. The predicted molar refractivity (Wildman–Crippen MR) is 53.9 cm³/mol. The Kier molecular flexibility index (Phi) is 4.40. The van der Waals surface area contributed by atoms with Crippen molar-refractivity contribution >= 4 is 5.97 Å². The molecule has 0 aromatic carbocycles. The van der Waals surface area contributed by atoms with Crippen molar-refractivity contribution in [3.8, 4) is 0 Å². The van der Waals surface area contributed by atoms with E-state index in [0.717, 1.165) is 6.42 Å². The van der Waals surface area contributed by atoms with E-state index >= 15 is 0 Å². The molecule has 0 radical (unpaired) electrons. The fraction of sp³-hybridized carbons (Fsp3) is 0.545. The minimum atomic E-state index is -0.297. The molecule has 1 unspecified atom stereocenters. The molecule has 1 heterocycles. The van der Waals surface area contributed by atoms with Crippen LogP contribution in [0.15, 0.2) is 24.3 Å². The van der Waals surface area contributed by atoms with Gasteiger partial charge in [0.05, 0.1) is 19.3 Å². The van der Waals surface area contributed by atoms with Crippen molar-refractivity contribution in [1.82, 2.24) is 0 Å². The Hall–Kier alpha value is -1.09. The van der Waals surface area contributed by atoms with Crippen LogP contribution in [0.2, 0.25) is 0 Å². The smallest absolute Gasteiger partial charge is 0.333 e. The SMILES string of the molecule is C=C(CCC1C=CCO1)C(=O)OCC. The first-order chi connectivity index (χ1) is 6.74. The van der Waals surface area contributed by atoms with Crippen LogP contribution < -0.4 is 0 Å². The van der Waals surface area contributed by atoms with Crippen LogP contribution in [0.25, 0.3) is 0 Å². The molecule has 1 aliphatic heterocycles. The second-order valence-electron chi connectivity index (χ2n) is 3.16. The van der Waals surface area contributed by atoms with Crippen molar-refractivity contribution in [2.24, 2.45) is 0 Å². The maximum Gasteiger partial charge on any atom is 0.333 e. The van der Waals surface area contributed by atoms with Gasteiger partial charge in [-0.1, -0.05) is 18.7 Å². The number of rotatable bonds is 5. The number of carbonyl (C=O) groups excluding carboxylic acids is 1. The second-order valence-corrected chi connectivity index (χ2v) is 3.16. The molecule has 1 aliphatic rings. The molecule has 0 N–H and O–H groups in total. The molecule has 3 nitrogen and oxygen atoms in total. The number of hydrogen-bond acceptors (Lipinski definition) is 3. The maximum absolute atomic E-state index is 11.2. The Morgan fingerprint density at radius 3 is 3.07 bits per heavy atom. The molecule has 0 saturated heterocycles. The highest BCUT2D eigenvalue weighted by atomic mass is 16.5. The molecule has 1 rings (SSSR count). The highest BCUT2D eigenvalue weighted by molar-refractivity contribution is 5.87. The van der Waals surface area contributed by atoms with Crippen molar-refractivity contribution in [2.75, 3.05) is 13.2 Å². The van der Waals surface area contributed by atoms with Gasteiger partial charge in [0.25, 0.3) is 0 Å². The summed E-state index contributed by atoms with van der Waals surface area (Å²) in [7, 11) is 0. The number of hydrogen-bond donors (Lipinski definition) is 0. The third-order valence-corrected chi connectivity index (χ3v) is 2.05. The third kappa shape index (κ3) is 3.34. The molecule has 0 aliphatic carbocycles. The topological polar surface area (TPSA) is 35.5 Å². The summed E-state index contributed by atoms with van der Waals surface area (Å²) in [5.74, 6) is -0.297. The largest absolute Gasteiger partial charge is 0.463 e. The van der Waals surface area contributed by atoms with E-state index in [9.17, 15) is 4.79 Å². The Morgan fingerprint density at radius 1 is 1.71 bits per heavy atom. The van der Waals surface area contributed by atoms with Crippen LogP contribution in [-0.4, -0.2) is 25.3 Å². The second kappa shape index (κ2) is 5.60. The van der Waals surface area contributed by atoms with E-state index < -0.39 is 0 Å². The average Bonchev–Trinajstić information content (AvgIpc) is 2.67. The molecule has 0 saturated carbocycles. The molecule has 78 valence electrons. The third-order valence-electron chi connectivity index (χ3n) is 2.05. The summed E-state index contributed by atoms with van der Waals surface area (Å²) in [5, 5.41) is 0. The lowest BCUT2D eigenvalue weighted by molar-refractivity contribution is -0.138. The zero-order chi connectivity index (χ0) is 10.4. The van der Waals surface area contributed by atoms with Crippen LogP contribution in [-0.2, 0) is 14.3 Å². The zero-order valence-corrected chi connectivity index (χ0v) is 8.49. The maximum atomic E-state index is 11.2. The van der Waals surface area contributed by atoms with Crippen LogP contribution in [0.1, 0.15) is 19.8 Å². The highest BCUT2D eigenvalue weighted by Crippen LogP contribution is 2.14. The fourth-order valence-electron chi connectivity index (χ4n) is 1.27. The summed E-state index contributed by atoms with van der Waals surface area (Å²) < 4.78 is 10.2. The molecular formula is C11H16O3. The monoisotopic (exact) mass is 196 g/mol. The van der Waals surface area contributed by atoms with Gasteiger partial charge in [-0.25, -0.2) is 4.79 Å². The van der Waals surface area contributed by atoms with E-state index in [0.29, 0.717) is 25.2 Å². The summed E-state index contributed by atoms with van der Waals surface area (Å²) in [6.45, 7) is 6.54. The van der Waals surface area contributed by atoms with Crippen molar-refractivity contribution in [2.45, 2.75) is 25.9 Å². The highest BCUT2D eigenvalue weighted by Gasteiger charge is 2.13. The molecule has 0 aromatic rings. The van der Waals surface area contributed by atoms with Gasteiger partial charge in [-0.2, -0.15) is 0 Å². The number of carbonyl (C=O) groups is 1. The summed E-state index contributed by atoms with van der Waals surface area (Å²) in [5.41, 5.74) is 0.524. The Bertz CT molecular complexity index is 243. The van der Waals surface area contributed by atoms with E-state index in [1.165, 1.54) is 0 Å². The standard InChI is InChI=1S/C11H16O3/c1-3-13-11(12)9(2)6-7-10-5-4-8-14-10/h4-5,10H,2-3,6-8H2,1H3. The molecular weight excluding hydrogens is 180 g/mol. The lowest BCUT2D eigenvalue weighted by Gasteiger charge is -2.09. The van der Waals surface area contributed by atoms with Crippen LogP contribution >= 0.6 is 0 Å². The molecule has 3 heteroatoms. The number of ether oxygens (including phenoxy) is 2. The normalized spacial score (nSPS) is 19.6. The van der Waals surface area contributed by atoms with Gasteiger partial charge in [-0.15, -0.1) is 0 Å². The first kappa shape index (κ1) is 11.0. The molecule has 0 bridgehead atoms. The molecule has 0 amide bonds. The van der Waals surface area contributed by atoms with Gasteiger partial charge in [-0.05, 0) is 19.8 Å². The van der Waals surface area contributed by atoms with Crippen LogP contribution in [0, 0.1) is 0 Å². The fourth-order valence-corrected chi connectivity index (χ4v) is 1.27. The minimum absolute atomic E-state index is 0.140. The van der Waals surface area contributed by atoms with Gasteiger partial charge < -0.3 is 9.47 Å². The summed E-state index contributed by atoms with van der Waals surface area (Å²) in [4.78, 5) is 11.2. The molecule has 1 atom stereocenters. The minimum Gasteiger partial charge on any atom is -0.463 e. The van der Waals surface area contributed by atoms with Crippen LogP contribution in [0.4, 0.5) is 0 Å². The van der Waals surface area contributed by atoms with Crippen molar-refractivity contribution in [3.63, 3.8) is 0 Å². The Morgan fingerprint density at radius 2 is 2.50 bits per heavy atom. The summed E-state index contributed by atoms with van der Waals surface area (Å²) in [6.07, 6.45) is 5.57. The van der Waals surface area contributed by atoms with Crippen molar-refractivity contribution in [1.29, 1.82) is 0 Å². The lowest BCUT2D eigenvalue weighted by atomic mass is 10.1. The van der Waals surface area contributed by atoms with Gasteiger partial charge in [0.15, 0.2) is 0 Å². The van der Waals surface area contributed by atoms with E-state index in [-0.39, 0.29) is 12.1 Å². The molecule has 0 fully saturated rings. The van der Waals surface area contributed by atoms with E-state index in [4.69, 9.17) is 9.47 Å². The first-order valence-corrected chi connectivity index (χ1v) is 4.87. The molecule has 0 spiro atoms. The Labute approximate surface area is 84.4 Å². The van der Waals surface area contributed by atoms with Gasteiger partial charge >= 0.3 is 5.97 Å². The van der Waals surface area contributed by atoms with Gasteiger partial charge in [0.1, 0.15) is 0 Å². The molecule has 0 aromatic heterocycles. The predicted octanol–water partition coefficient (Wildman–Crippen LogP) is 1.84. The lowest BCUT2D eigenvalue weighted by Crippen LogP contribution is -2.10. The first-order valence-electron chi connectivity index (χ1n) is 4.87. The van der Waals surface area contributed by atoms with Crippen molar-refractivity contribution < 1.29 is 14.3 Å². The quantitative estimate of drug-likeness (QED) is 0.382. The van der Waals surface area contributed by atoms with E-state index in [1.54, 1.807) is 6.92 Å². The van der Waals surface area contributed by atoms with Crippen LogP contribution in [0.5, 0.6) is 0 Å². The van der Waals surface area contributed by atoms with Gasteiger partial charge in [0.2, 0.25) is 0 Å².